The van der Waals surface area contributed by atoms with E-state index in [0.29, 0.717) is 48.0 Å². The Bertz CT molecular complexity index is 1890. The minimum absolute atomic E-state index is 0.0290. The van der Waals surface area contributed by atoms with Crippen molar-refractivity contribution in [1.29, 1.82) is 0 Å². The molecule has 1 saturated carbocycles. The molecule has 3 aromatic rings. The molecule has 5 atom stereocenters. The molecule has 2 aromatic carbocycles. The van der Waals surface area contributed by atoms with E-state index in [1.54, 1.807) is 36.4 Å². The van der Waals surface area contributed by atoms with Gasteiger partial charge >= 0.3 is 18.0 Å². The lowest BCUT2D eigenvalue weighted by Crippen LogP contribution is -2.52. The van der Waals surface area contributed by atoms with Crippen LogP contribution >= 0.6 is 0 Å². The number of alkyl carbamates (subject to hydrolysis) is 1. The van der Waals surface area contributed by atoms with Crippen molar-refractivity contribution in [2.24, 2.45) is 11.3 Å². The lowest BCUT2D eigenvalue weighted by Gasteiger charge is -2.29. The summed E-state index contributed by atoms with van der Waals surface area (Å²) in [5, 5.41) is 12.7. The first-order valence-corrected chi connectivity index (χ1v) is 17.2. The Hall–Kier alpha value is -5.14. The third-order valence-corrected chi connectivity index (χ3v) is 10.1. The van der Waals surface area contributed by atoms with Gasteiger partial charge in [-0.25, -0.2) is 14.8 Å². The summed E-state index contributed by atoms with van der Waals surface area (Å²) >= 11 is 0. The molecule has 7 rings (SSSR count). The van der Waals surface area contributed by atoms with Crippen molar-refractivity contribution in [3.8, 4) is 22.9 Å². The van der Waals surface area contributed by atoms with Crippen LogP contribution in [0.2, 0.25) is 0 Å². The van der Waals surface area contributed by atoms with Crippen LogP contribution in [0.4, 0.5) is 13.6 Å². The molecular weight excluding hydrogens is 666 g/mol. The topological polar surface area (TPSA) is 157 Å². The molecule has 2 fully saturated rings. The summed E-state index contributed by atoms with van der Waals surface area (Å²) in [5.41, 5.74) is 0.540. The van der Waals surface area contributed by atoms with Crippen molar-refractivity contribution in [3.05, 3.63) is 60.7 Å². The number of para-hydroxylation sites is 2. The van der Waals surface area contributed by atoms with Crippen molar-refractivity contribution in [3.63, 3.8) is 0 Å². The molecule has 5 bridgehead atoms. The number of nitrogens with one attached hydrogen (secondary N) is 1. The predicted molar refractivity (Wildman–Crippen MR) is 178 cm³/mol. The average Bonchev–Trinajstić information content (AvgIpc) is 3.65. The molecule has 1 aromatic heterocycles. The van der Waals surface area contributed by atoms with E-state index < -0.39 is 66.5 Å². The second kappa shape index (κ2) is 13.9. The normalized spacial score (nSPS) is 29.0. The van der Waals surface area contributed by atoms with Crippen LogP contribution in [0.25, 0.3) is 22.3 Å². The van der Waals surface area contributed by atoms with Crippen LogP contribution in [0.3, 0.4) is 0 Å². The summed E-state index contributed by atoms with van der Waals surface area (Å²) in [4.78, 5) is 64.6. The van der Waals surface area contributed by atoms with E-state index in [0.717, 1.165) is 6.42 Å². The van der Waals surface area contributed by atoms with Gasteiger partial charge in [-0.2, -0.15) is 8.78 Å². The number of nitrogens with zero attached hydrogens (tertiary/aromatic N) is 3. The molecule has 268 valence electrons. The average molecular weight is 705 g/mol. The Morgan fingerprint density at radius 3 is 2.57 bits per heavy atom. The van der Waals surface area contributed by atoms with Gasteiger partial charge in [0.05, 0.1) is 29.0 Å². The number of carbonyl (C=O) groups is 4. The van der Waals surface area contributed by atoms with Gasteiger partial charge < -0.3 is 29.5 Å². The number of aromatic nitrogens is 2. The minimum atomic E-state index is -3.57. The Kier molecular flexibility index (Phi) is 9.34. The van der Waals surface area contributed by atoms with Crippen LogP contribution < -0.4 is 14.8 Å². The maximum atomic E-state index is 14.9. The monoisotopic (exact) mass is 704 g/mol. The third kappa shape index (κ3) is 7.35. The van der Waals surface area contributed by atoms with Crippen LogP contribution in [0, 0.1) is 11.3 Å². The number of halogens is 2. The van der Waals surface area contributed by atoms with Crippen molar-refractivity contribution in [2.45, 2.75) is 75.5 Å². The molecule has 3 aliphatic heterocycles. The minimum Gasteiger partial charge on any atom is -0.487 e. The first-order chi connectivity index (χ1) is 24.5. The van der Waals surface area contributed by atoms with E-state index in [4.69, 9.17) is 24.2 Å². The number of alkyl halides is 2. The van der Waals surface area contributed by atoms with Crippen LogP contribution in [-0.2, 0) is 19.1 Å². The number of carbonyl (C=O) groups excluding carboxylic acids is 3. The lowest BCUT2D eigenvalue weighted by atomic mass is 9.92. The van der Waals surface area contributed by atoms with Crippen molar-refractivity contribution in [1.82, 2.24) is 20.2 Å². The van der Waals surface area contributed by atoms with E-state index in [-0.39, 0.29) is 43.4 Å². The number of rotatable bonds is 1. The van der Waals surface area contributed by atoms with Crippen molar-refractivity contribution >= 4 is 34.8 Å². The number of hydrogen-bond acceptors (Lipinski definition) is 9. The van der Waals surface area contributed by atoms with Gasteiger partial charge in [0.2, 0.25) is 11.8 Å². The zero-order valence-electron chi connectivity index (χ0n) is 27.8. The van der Waals surface area contributed by atoms with Gasteiger partial charge in [0.15, 0.2) is 19.0 Å². The highest BCUT2D eigenvalue weighted by Crippen LogP contribution is 2.57. The molecule has 51 heavy (non-hydrogen) atoms. The smallest absolute Gasteiger partial charge is 0.408 e. The molecule has 4 heterocycles. The fourth-order valence-corrected chi connectivity index (χ4v) is 7.21. The number of ether oxygens (including phenoxy) is 3. The summed E-state index contributed by atoms with van der Waals surface area (Å²) in [5.74, 6) is -5.80. The molecule has 4 aliphatic rings. The predicted octanol–water partition coefficient (Wildman–Crippen LogP) is 5.34. The van der Waals surface area contributed by atoms with E-state index >= 15 is 0 Å². The third-order valence-electron chi connectivity index (χ3n) is 10.1. The molecule has 0 unspecified atom stereocenters. The highest BCUT2D eigenvalue weighted by atomic mass is 19.3. The Balaban J connectivity index is 1.29. The van der Waals surface area contributed by atoms with E-state index in [1.807, 2.05) is 12.2 Å². The summed E-state index contributed by atoms with van der Waals surface area (Å²) in [7, 11) is 0. The van der Waals surface area contributed by atoms with Gasteiger partial charge in [-0.15, -0.1) is 0 Å². The molecule has 2 amide bonds. The number of hydrogen-bond donors (Lipinski definition) is 2. The van der Waals surface area contributed by atoms with E-state index in [9.17, 15) is 33.1 Å². The molecular formula is C37H38F2N4O8. The summed E-state index contributed by atoms with van der Waals surface area (Å²) in [6.07, 6.45) is 4.66. The van der Waals surface area contributed by atoms with Crippen LogP contribution in [0.5, 0.6) is 11.6 Å². The lowest BCUT2D eigenvalue weighted by molar-refractivity contribution is -0.147. The van der Waals surface area contributed by atoms with Gasteiger partial charge in [0.25, 0.3) is 0 Å². The molecule has 1 saturated heterocycles. The van der Waals surface area contributed by atoms with Gasteiger partial charge in [0, 0.05) is 18.4 Å². The number of benzene rings is 2. The number of carboxylic acids is 1. The highest BCUT2D eigenvalue weighted by Gasteiger charge is 2.61. The summed E-state index contributed by atoms with van der Waals surface area (Å²) in [6, 6.07) is 11.2. The first-order valence-electron chi connectivity index (χ1n) is 17.2. The zero-order chi connectivity index (χ0) is 35.8. The van der Waals surface area contributed by atoms with Crippen LogP contribution in [0.1, 0.15) is 51.4 Å². The van der Waals surface area contributed by atoms with Crippen LogP contribution in [0.15, 0.2) is 60.7 Å². The molecule has 14 heteroatoms. The molecule has 1 aliphatic carbocycles. The van der Waals surface area contributed by atoms with E-state index in [2.05, 4.69) is 5.32 Å². The number of ketones is 1. The van der Waals surface area contributed by atoms with Gasteiger partial charge in [-0.3, -0.25) is 14.4 Å². The highest BCUT2D eigenvalue weighted by molar-refractivity contribution is 5.96. The largest absolute Gasteiger partial charge is 0.487 e. The number of amides is 2. The molecule has 0 spiro atoms. The van der Waals surface area contributed by atoms with Crippen molar-refractivity contribution < 1.29 is 47.3 Å². The second-order valence-corrected chi connectivity index (χ2v) is 13.8. The fraction of sp³-hybridized carbons (Fsp3) is 0.459. The maximum Gasteiger partial charge on any atom is 0.408 e. The van der Waals surface area contributed by atoms with Gasteiger partial charge in [-0.1, -0.05) is 49.3 Å². The SMILES string of the molecule is O=C1N[C@H]2CCCCC/C=C\[C@@H]3C[C@@]3(C(=O)O)CC(=O)[C@@H]3C[C@H](CN3C2=O)Oc2nc3ccccc3nc2-c2cccc(c2)OCC(F)(F)CO1. The summed E-state index contributed by atoms with van der Waals surface area (Å²) in [6.45, 7) is -2.47. The number of fused-ring (bicyclic) bond motifs is 8. The van der Waals surface area contributed by atoms with Gasteiger partial charge in [0.1, 0.15) is 23.6 Å². The quantitative estimate of drug-likeness (QED) is 0.317. The fourth-order valence-electron chi connectivity index (χ4n) is 7.21. The second-order valence-electron chi connectivity index (χ2n) is 13.8. The molecule has 0 radical (unpaired) electrons. The standard InChI is InChI=1S/C37H38F2N4O8/c38-37(39)20-49-24-11-8-9-22(15-24)31-32(41-27-13-7-6-12-26(27)40-31)51-25-16-29-30(44)18-36(34(46)47)17-23(36)10-4-2-1-3-5-14-28(33(45)43(29)19-25)42-35(48)50-21-37/h4,6-13,15,23,25,28-29H,1-3,5,14,16-21H2,(H,42,48)(H,46,47)/b10-4-/t23-,25-,28+,29+,36-/m1/s1. The number of aliphatic carboxylic acids is 1. The Morgan fingerprint density at radius 1 is 0.980 bits per heavy atom. The molecule has 12 nitrogen and oxygen atoms in total. The number of cyclic esters (lactones) is 1. The number of carboxylic acid groups (broad SMARTS) is 1. The van der Waals surface area contributed by atoms with Crippen LogP contribution in [-0.4, -0.2) is 87.6 Å². The van der Waals surface area contributed by atoms with Crippen molar-refractivity contribution in [2.75, 3.05) is 19.8 Å². The Labute approximate surface area is 292 Å². The zero-order valence-corrected chi connectivity index (χ0v) is 27.8. The summed E-state index contributed by atoms with van der Waals surface area (Å²) < 4.78 is 46.6. The molecule has 2 N–H and O–H groups in total. The van der Waals surface area contributed by atoms with E-state index in [1.165, 1.54) is 17.0 Å². The number of Topliss-reactive ketones (excluding diaryl/α,β-unsaturated/α-hetero) is 1. The number of allylic oxidation sites excluding steroid dienone is 2. The first kappa shape index (κ1) is 34.3. The Morgan fingerprint density at radius 2 is 1.76 bits per heavy atom. The van der Waals surface area contributed by atoms with Gasteiger partial charge in [-0.05, 0) is 55.9 Å². The maximum absolute atomic E-state index is 14.9.